The minimum Gasteiger partial charge on any atom is -0.497 e. The van der Waals surface area contributed by atoms with Gasteiger partial charge in [-0.3, -0.25) is 4.79 Å². The molecule has 0 atom stereocenters. The summed E-state index contributed by atoms with van der Waals surface area (Å²) in [5.74, 6) is 0.759. The molecule has 0 aliphatic carbocycles. The summed E-state index contributed by atoms with van der Waals surface area (Å²) in [6.07, 6.45) is 1.83. The van der Waals surface area contributed by atoms with E-state index in [1.165, 1.54) is 18.4 Å². The van der Waals surface area contributed by atoms with Crippen LogP contribution in [0.15, 0.2) is 78.3 Å². The Morgan fingerprint density at radius 3 is 2.55 bits per heavy atom. The fourth-order valence-corrected chi connectivity index (χ4v) is 4.83. The van der Waals surface area contributed by atoms with Crippen molar-refractivity contribution in [1.29, 1.82) is 0 Å². The lowest BCUT2D eigenvalue weighted by Crippen LogP contribution is -2.09. The summed E-state index contributed by atoms with van der Waals surface area (Å²) in [5, 5.41) is 2.76. The number of rotatable bonds is 6. The average Bonchev–Trinajstić information content (AvgIpc) is 3.45. The van der Waals surface area contributed by atoms with Gasteiger partial charge in [0.15, 0.2) is 0 Å². The number of benzene rings is 2. The molecule has 6 nitrogen and oxygen atoms in total. The van der Waals surface area contributed by atoms with E-state index in [-0.39, 0.29) is 5.78 Å². The van der Waals surface area contributed by atoms with Crippen molar-refractivity contribution < 1.29 is 14.3 Å². The number of fused-ring (bicyclic) bond motifs is 1. The SMILES string of the molecule is COc1ccc(OC)c(C(=O)c2c(N)c(-c3nc(-c4ccccc4)cs3)c3ccccn23)c1. The maximum Gasteiger partial charge on any atom is 0.215 e. The topological polar surface area (TPSA) is 78.8 Å². The van der Waals surface area contributed by atoms with Gasteiger partial charge in [0, 0.05) is 17.1 Å². The number of carbonyl (C=O) groups excluding carboxylic acids is 1. The summed E-state index contributed by atoms with van der Waals surface area (Å²) in [4.78, 5) is 18.6. The summed E-state index contributed by atoms with van der Waals surface area (Å²) >= 11 is 1.50. The Balaban J connectivity index is 1.69. The molecule has 0 amide bonds. The zero-order valence-electron chi connectivity index (χ0n) is 18.1. The predicted octanol–water partition coefficient (Wildman–Crippen LogP) is 5.56. The molecule has 0 saturated heterocycles. The number of nitrogen functional groups attached to an aromatic ring is 1. The quantitative estimate of drug-likeness (QED) is 0.339. The van der Waals surface area contributed by atoms with E-state index < -0.39 is 0 Å². The van der Waals surface area contributed by atoms with Gasteiger partial charge in [-0.2, -0.15) is 0 Å². The Labute approximate surface area is 194 Å². The number of methoxy groups -OCH3 is 2. The predicted molar refractivity (Wildman–Crippen MR) is 131 cm³/mol. The van der Waals surface area contributed by atoms with Gasteiger partial charge >= 0.3 is 0 Å². The van der Waals surface area contributed by atoms with Crippen molar-refractivity contribution in [2.75, 3.05) is 20.0 Å². The van der Waals surface area contributed by atoms with Crippen molar-refractivity contribution in [3.8, 4) is 33.3 Å². The van der Waals surface area contributed by atoms with Crippen LogP contribution in [0.4, 0.5) is 5.69 Å². The standard InChI is InChI=1S/C26H21N3O3S/c1-31-17-11-12-21(32-2)18(14-17)25(30)24-23(27)22(20-10-6-7-13-29(20)24)26-28-19(15-33-26)16-8-4-3-5-9-16/h3-15H,27H2,1-2H3. The molecule has 3 heterocycles. The van der Waals surface area contributed by atoms with E-state index in [1.807, 2.05) is 64.5 Å². The number of carbonyl (C=O) groups is 1. The summed E-state index contributed by atoms with van der Waals surface area (Å²) in [6, 6.07) is 20.8. The van der Waals surface area contributed by atoms with Crippen molar-refractivity contribution in [2.24, 2.45) is 0 Å². The summed E-state index contributed by atoms with van der Waals surface area (Å²) in [7, 11) is 3.09. The Morgan fingerprint density at radius 1 is 1.00 bits per heavy atom. The third-order valence-corrected chi connectivity index (χ3v) is 6.40. The van der Waals surface area contributed by atoms with E-state index in [1.54, 1.807) is 25.3 Å². The highest BCUT2D eigenvalue weighted by atomic mass is 32.1. The maximum atomic E-state index is 13.7. The van der Waals surface area contributed by atoms with E-state index in [0.717, 1.165) is 27.3 Å². The van der Waals surface area contributed by atoms with Crippen molar-refractivity contribution in [3.63, 3.8) is 0 Å². The van der Waals surface area contributed by atoms with E-state index >= 15 is 0 Å². The molecule has 2 aromatic carbocycles. The Hall–Kier alpha value is -4.10. The third kappa shape index (κ3) is 3.52. The second-order valence-corrected chi connectivity index (χ2v) is 8.25. The summed E-state index contributed by atoms with van der Waals surface area (Å²) < 4.78 is 12.6. The van der Waals surface area contributed by atoms with E-state index in [2.05, 4.69) is 0 Å². The molecule has 0 saturated carbocycles. The van der Waals surface area contributed by atoms with Crippen LogP contribution in [0.3, 0.4) is 0 Å². The number of ether oxygens (including phenoxy) is 2. The van der Waals surface area contributed by atoms with E-state index in [4.69, 9.17) is 20.2 Å². The average molecular weight is 456 g/mol. The summed E-state index contributed by atoms with van der Waals surface area (Å²) in [5.41, 5.74) is 11.2. The molecule has 3 aromatic heterocycles. The number of nitrogens with zero attached hydrogens (tertiary/aromatic N) is 2. The number of pyridine rings is 1. The monoisotopic (exact) mass is 455 g/mol. The smallest absolute Gasteiger partial charge is 0.215 e. The largest absolute Gasteiger partial charge is 0.497 e. The van der Waals surface area contributed by atoms with Crippen molar-refractivity contribution in [3.05, 3.63) is 89.6 Å². The second kappa shape index (κ2) is 8.44. The molecule has 0 radical (unpaired) electrons. The van der Waals surface area contributed by atoms with Crippen LogP contribution in [0, 0.1) is 0 Å². The van der Waals surface area contributed by atoms with Crippen molar-refractivity contribution >= 4 is 28.3 Å². The Morgan fingerprint density at radius 2 is 1.79 bits per heavy atom. The highest BCUT2D eigenvalue weighted by Crippen LogP contribution is 2.40. The van der Waals surface area contributed by atoms with Crippen LogP contribution in [-0.4, -0.2) is 29.4 Å². The first kappa shape index (κ1) is 20.8. The van der Waals surface area contributed by atoms with Gasteiger partial charge in [-0.05, 0) is 30.3 Å². The number of hydrogen-bond donors (Lipinski definition) is 1. The fraction of sp³-hybridized carbons (Fsp3) is 0.0769. The molecule has 0 unspecified atom stereocenters. The number of nitrogens with two attached hydrogens (primary N) is 1. The lowest BCUT2D eigenvalue weighted by atomic mass is 10.0. The molecule has 5 aromatic rings. The highest BCUT2D eigenvalue weighted by molar-refractivity contribution is 7.13. The molecule has 164 valence electrons. The third-order valence-electron chi connectivity index (χ3n) is 5.54. The van der Waals surface area contributed by atoms with Gasteiger partial charge in [0.25, 0.3) is 0 Å². The second-order valence-electron chi connectivity index (χ2n) is 7.39. The fourth-order valence-electron chi connectivity index (χ4n) is 3.93. The normalized spacial score (nSPS) is 11.0. The van der Waals surface area contributed by atoms with Gasteiger partial charge in [0.05, 0.1) is 42.2 Å². The molecule has 7 heteroatoms. The minimum absolute atomic E-state index is 0.254. The first-order valence-electron chi connectivity index (χ1n) is 10.3. The van der Waals surface area contributed by atoms with Crippen molar-refractivity contribution in [2.45, 2.75) is 0 Å². The van der Waals surface area contributed by atoms with Gasteiger partial charge in [-0.25, -0.2) is 4.98 Å². The summed E-state index contributed by atoms with van der Waals surface area (Å²) in [6.45, 7) is 0. The Bertz CT molecular complexity index is 1470. The van der Waals surface area contributed by atoms with Crippen LogP contribution in [0.25, 0.3) is 27.3 Å². The number of ketones is 1. The maximum absolute atomic E-state index is 13.7. The zero-order valence-corrected chi connectivity index (χ0v) is 18.9. The molecular formula is C26H21N3O3S. The first-order valence-corrected chi connectivity index (χ1v) is 11.2. The molecule has 33 heavy (non-hydrogen) atoms. The lowest BCUT2D eigenvalue weighted by molar-refractivity contribution is 0.103. The van der Waals surface area contributed by atoms with Crippen molar-refractivity contribution in [1.82, 2.24) is 9.38 Å². The van der Waals surface area contributed by atoms with Gasteiger partial charge in [-0.15, -0.1) is 11.3 Å². The molecule has 0 spiro atoms. The van der Waals surface area contributed by atoms with Crippen LogP contribution < -0.4 is 15.2 Å². The Kier molecular flexibility index (Phi) is 5.32. The van der Waals surface area contributed by atoms with E-state index in [9.17, 15) is 4.79 Å². The van der Waals surface area contributed by atoms with E-state index in [0.29, 0.717) is 28.4 Å². The van der Waals surface area contributed by atoms with Gasteiger partial charge < -0.3 is 19.6 Å². The van der Waals surface area contributed by atoms with Crippen LogP contribution in [-0.2, 0) is 0 Å². The zero-order chi connectivity index (χ0) is 22.9. The number of thiazole rings is 1. The molecule has 0 aliphatic heterocycles. The van der Waals surface area contributed by atoms with Gasteiger partial charge in [0.1, 0.15) is 22.2 Å². The molecule has 2 N–H and O–H groups in total. The highest BCUT2D eigenvalue weighted by Gasteiger charge is 2.27. The van der Waals surface area contributed by atoms with Crippen LogP contribution in [0.2, 0.25) is 0 Å². The molecular weight excluding hydrogens is 434 g/mol. The van der Waals surface area contributed by atoms with Crippen LogP contribution in [0.1, 0.15) is 16.1 Å². The van der Waals surface area contributed by atoms with Gasteiger partial charge in [0.2, 0.25) is 5.78 Å². The minimum atomic E-state index is -0.254. The molecule has 0 fully saturated rings. The number of anilines is 1. The molecule has 5 rings (SSSR count). The molecule has 0 aliphatic rings. The first-order chi connectivity index (χ1) is 16.1. The number of aromatic nitrogens is 2. The van der Waals surface area contributed by atoms with Crippen LogP contribution >= 0.6 is 11.3 Å². The number of hydrogen-bond acceptors (Lipinski definition) is 6. The van der Waals surface area contributed by atoms with Crippen LogP contribution in [0.5, 0.6) is 11.5 Å². The van der Waals surface area contributed by atoms with Gasteiger partial charge in [-0.1, -0.05) is 36.4 Å². The lowest BCUT2D eigenvalue weighted by Gasteiger charge is -2.10. The molecule has 0 bridgehead atoms.